The number of benzene rings is 1. The Hall–Kier alpha value is -1.07. The van der Waals surface area contributed by atoms with Gasteiger partial charge in [0.25, 0.3) is 0 Å². The number of para-hydroxylation sites is 1. The van der Waals surface area contributed by atoms with Crippen LogP contribution in [0.3, 0.4) is 0 Å². The minimum absolute atomic E-state index is 0.0103. The van der Waals surface area contributed by atoms with Crippen molar-refractivity contribution in [3.8, 4) is 5.75 Å². The first kappa shape index (κ1) is 20.0. The average molecular weight is 343 g/mol. The van der Waals surface area contributed by atoms with E-state index in [9.17, 15) is 8.42 Å². The topological polar surface area (TPSA) is 52.6 Å². The lowest BCUT2D eigenvalue weighted by atomic mass is 10.1. The normalized spacial score (nSPS) is 11.5. The van der Waals surface area contributed by atoms with Gasteiger partial charge >= 0.3 is 10.1 Å². The lowest BCUT2D eigenvalue weighted by molar-refractivity contribution is -0.0925. The fraction of sp³-hybridized carbons (Fsp3) is 0.667. The lowest BCUT2D eigenvalue weighted by Crippen LogP contribution is -2.13. The largest absolute Gasteiger partial charge is 0.321 e. The van der Waals surface area contributed by atoms with Crippen molar-refractivity contribution in [1.29, 1.82) is 0 Å². The zero-order valence-electron chi connectivity index (χ0n) is 14.2. The van der Waals surface area contributed by atoms with Crippen LogP contribution in [0.1, 0.15) is 71.1 Å². The van der Waals surface area contributed by atoms with E-state index < -0.39 is 10.1 Å². The first-order valence-electron chi connectivity index (χ1n) is 8.78. The van der Waals surface area contributed by atoms with Crippen molar-refractivity contribution in [3.63, 3.8) is 0 Å². The van der Waals surface area contributed by atoms with Crippen LogP contribution in [0, 0.1) is 0 Å². The molecule has 0 radical (unpaired) electrons. The molecule has 0 bridgehead atoms. The molecular weight excluding hydrogens is 312 g/mol. The number of hydrogen-bond acceptors (Lipinski definition) is 4. The summed E-state index contributed by atoms with van der Waals surface area (Å²) in [5, 5.41) is 0. The third-order valence-electron chi connectivity index (χ3n) is 3.73. The fourth-order valence-corrected chi connectivity index (χ4v) is 3.18. The van der Waals surface area contributed by atoms with Gasteiger partial charge in [0.2, 0.25) is 0 Å². The maximum Gasteiger partial charge on any atom is 0.303 e. The monoisotopic (exact) mass is 342 g/mol. The Morgan fingerprint density at radius 1 is 0.783 bits per heavy atom. The standard InChI is InChI=1S/C18H30O4S/c1-2-3-4-5-6-7-8-9-10-14-17-23(19,20)22-21-18-15-12-11-13-16-18/h11-13,15-16H,2-10,14,17H2,1H3. The van der Waals surface area contributed by atoms with Crippen LogP contribution in [-0.4, -0.2) is 14.2 Å². The highest BCUT2D eigenvalue weighted by Gasteiger charge is 2.12. The van der Waals surface area contributed by atoms with E-state index in [1.54, 1.807) is 24.3 Å². The van der Waals surface area contributed by atoms with Crippen LogP contribution in [0.15, 0.2) is 30.3 Å². The minimum Gasteiger partial charge on any atom is -0.321 e. The van der Waals surface area contributed by atoms with Crippen LogP contribution in [-0.2, 0) is 14.5 Å². The maximum absolute atomic E-state index is 11.7. The predicted octanol–water partition coefficient (Wildman–Crippen LogP) is 5.25. The summed E-state index contributed by atoms with van der Waals surface area (Å²) in [6.45, 7) is 2.22. The third-order valence-corrected chi connectivity index (χ3v) is 4.79. The Bertz CT molecular complexity index is 485. The minimum atomic E-state index is -3.61. The van der Waals surface area contributed by atoms with Crippen molar-refractivity contribution in [2.45, 2.75) is 71.1 Å². The quantitative estimate of drug-likeness (QED) is 0.263. The lowest BCUT2D eigenvalue weighted by Gasteiger charge is -2.05. The highest BCUT2D eigenvalue weighted by molar-refractivity contribution is 7.86. The molecule has 5 heteroatoms. The van der Waals surface area contributed by atoms with Crippen molar-refractivity contribution >= 4 is 10.1 Å². The molecule has 132 valence electrons. The number of unbranched alkanes of at least 4 members (excludes halogenated alkanes) is 9. The van der Waals surface area contributed by atoms with Crippen LogP contribution in [0.2, 0.25) is 0 Å². The smallest absolute Gasteiger partial charge is 0.303 e. The molecule has 0 heterocycles. The summed E-state index contributed by atoms with van der Waals surface area (Å²) in [6.07, 6.45) is 11.7. The van der Waals surface area contributed by atoms with Gasteiger partial charge in [-0.25, -0.2) is 0 Å². The van der Waals surface area contributed by atoms with Gasteiger partial charge in [0.05, 0.1) is 5.75 Å². The second-order valence-electron chi connectivity index (χ2n) is 5.91. The first-order chi connectivity index (χ1) is 11.1. The summed E-state index contributed by atoms with van der Waals surface area (Å²) in [5.41, 5.74) is 0. The zero-order chi connectivity index (χ0) is 16.8. The SMILES string of the molecule is CCCCCCCCCCCCS(=O)(=O)OOc1ccccc1. The molecule has 23 heavy (non-hydrogen) atoms. The second-order valence-corrected chi connectivity index (χ2v) is 7.57. The molecule has 0 amide bonds. The Kier molecular flexibility index (Phi) is 10.7. The Labute approximate surface area is 141 Å². The maximum atomic E-state index is 11.7. The van der Waals surface area contributed by atoms with Crippen LogP contribution >= 0.6 is 0 Å². The highest BCUT2D eigenvalue weighted by atomic mass is 32.2. The number of hydrogen-bond donors (Lipinski definition) is 0. The summed E-state index contributed by atoms with van der Waals surface area (Å²) >= 11 is 0. The van der Waals surface area contributed by atoms with Crippen LogP contribution < -0.4 is 4.89 Å². The fourth-order valence-electron chi connectivity index (χ4n) is 2.37. The molecule has 0 aliphatic heterocycles. The predicted molar refractivity (Wildman–Crippen MR) is 93.8 cm³/mol. The third kappa shape index (κ3) is 11.2. The Balaban J connectivity index is 1.99. The molecule has 0 unspecified atom stereocenters. The van der Waals surface area contributed by atoms with Crippen LogP contribution in [0.5, 0.6) is 5.75 Å². The Morgan fingerprint density at radius 3 is 1.87 bits per heavy atom. The molecule has 0 N–H and O–H groups in total. The molecule has 0 spiro atoms. The number of rotatable bonds is 14. The van der Waals surface area contributed by atoms with Crippen molar-refractivity contribution in [2.24, 2.45) is 0 Å². The molecule has 4 nitrogen and oxygen atoms in total. The summed E-state index contributed by atoms with van der Waals surface area (Å²) in [5.74, 6) is 0.398. The first-order valence-corrected chi connectivity index (χ1v) is 10.4. The summed E-state index contributed by atoms with van der Waals surface area (Å²) in [4.78, 5) is 4.83. The molecule has 0 aromatic heterocycles. The van der Waals surface area contributed by atoms with Gasteiger partial charge in [0.1, 0.15) is 0 Å². The van der Waals surface area contributed by atoms with E-state index in [1.807, 2.05) is 6.07 Å². The molecule has 0 aliphatic carbocycles. The molecule has 1 aromatic rings. The van der Waals surface area contributed by atoms with E-state index in [4.69, 9.17) is 4.89 Å². The van der Waals surface area contributed by atoms with Gasteiger partial charge in [0, 0.05) is 0 Å². The van der Waals surface area contributed by atoms with Gasteiger partial charge in [-0.05, 0) is 18.6 Å². The average Bonchev–Trinajstić information content (AvgIpc) is 2.56. The summed E-state index contributed by atoms with van der Waals surface area (Å²) in [7, 11) is -3.61. The van der Waals surface area contributed by atoms with Gasteiger partial charge in [-0.3, -0.25) is 0 Å². The van der Waals surface area contributed by atoms with Crippen LogP contribution in [0.25, 0.3) is 0 Å². The van der Waals surface area contributed by atoms with E-state index in [1.165, 1.54) is 44.9 Å². The van der Waals surface area contributed by atoms with E-state index >= 15 is 0 Å². The van der Waals surface area contributed by atoms with E-state index in [0.717, 1.165) is 12.8 Å². The Morgan fingerprint density at radius 2 is 1.30 bits per heavy atom. The second kappa shape index (κ2) is 12.4. The van der Waals surface area contributed by atoms with Gasteiger partial charge in [-0.15, -0.1) is 0 Å². The van der Waals surface area contributed by atoms with E-state index in [-0.39, 0.29) is 5.75 Å². The van der Waals surface area contributed by atoms with Crippen LogP contribution in [0.4, 0.5) is 0 Å². The molecule has 0 atom stereocenters. The molecule has 1 aromatic carbocycles. The molecular formula is C18H30O4S. The van der Waals surface area contributed by atoms with Gasteiger partial charge in [-0.2, -0.15) is 8.42 Å². The van der Waals surface area contributed by atoms with Crippen molar-refractivity contribution in [3.05, 3.63) is 30.3 Å². The highest BCUT2D eigenvalue weighted by Crippen LogP contribution is 2.13. The van der Waals surface area contributed by atoms with E-state index in [0.29, 0.717) is 12.2 Å². The molecule has 0 saturated heterocycles. The molecule has 0 aliphatic rings. The zero-order valence-corrected chi connectivity index (χ0v) is 15.0. The summed E-state index contributed by atoms with van der Waals surface area (Å²) in [6, 6.07) is 8.64. The van der Waals surface area contributed by atoms with Gasteiger partial charge < -0.3 is 4.89 Å². The summed E-state index contributed by atoms with van der Waals surface area (Å²) < 4.78 is 28.0. The van der Waals surface area contributed by atoms with E-state index in [2.05, 4.69) is 11.3 Å². The molecule has 0 saturated carbocycles. The molecule has 1 rings (SSSR count). The van der Waals surface area contributed by atoms with Crippen molar-refractivity contribution < 1.29 is 17.6 Å². The molecule has 0 fully saturated rings. The van der Waals surface area contributed by atoms with Crippen molar-refractivity contribution in [2.75, 3.05) is 5.75 Å². The van der Waals surface area contributed by atoms with Gasteiger partial charge in [0.15, 0.2) is 5.75 Å². The van der Waals surface area contributed by atoms with Crippen molar-refractivity contribution in [1.82, 2.24) is 0 Å². The van der Waals surface area contributed by atoms with Gasteiger partial charge in [-0.1, -0.05) is 87.2 Å².